The fourth-order valence-corrected chi connectivity index (χ4v) is 2.67. The molecule has 5 nitrogen and oxygen atoms in total. The first kappa shape index (κ1) is 15.8. The predicted molar refractivity (Wildman–Crippen MR) is 95.7 cm³/mol. The summed E-state index contributed by atoms with van der Waals surface area (Å²) >= 11 is 0. The number of allylic oxidation sites excluding steroid dienone is 1. The molecule has 0 amide bonds. The highest BCUT2D eigenvalue weighted by Gasteiger charge is 2.31. The van der Waals surface area contributed by atoms with E-state index in [9.17, 15) is 15.0 Å². The number of ketones is 1. The second-order valence-electron chi connectivity index (χ2n) is 5.74. The van der Waals surface area contributed by atoms with Gasteiger partial charge in [-0.3, -0.25) is 4.79 Å². The van der Waals surface area contributed by atoms with Crippen LogP contribution in [-0.4, -0.2) is 16.0 Å². The van der Waals surface area contributed by atoms with Crippen LogP contribution in [0.15, 0.2) is 72.5 Å². The van der Waals surface area contributed by atoms with Crippen LogP contribution in [-0.2, 0) is 0 Å². The van der Waals surface area contributed by atoms with Gasteiger partial charge in [0.25, 0.3) is 0 Å². The lowest BCUT2D eigenvalue weighted by molar-refractivity contribution is 0.101. The lowest BCUT2D eigenvalue weighted by Gasteiger charge is -2.06. The van der Waals surface area contributed by atoms with Gasteiger partial charge < -0.3 is 19.7 Å². The highest BCUT2D eigenvalue weighted by Crippen LogP contribution is 2.44. The molecule has 0 aliphatic carbocycles. The summed E-state index contributed by atoms with van der Waals surface area (Å²) in [5, 5.41) is 19.4. The largest absolute Gasteiger partial charge is 0.504 e. The minimum atomic E-state index is -0.444. The quantitative estimate of drug-likeness (QED) is 0.539. The van der Waals surface area contributed by atoms with E-state index >= 15 is 0 Å². The number of carbonyl (C=O) groups is 1. The number of carbonyl (C=O) groups excluding carboxylic acids is 1. The second kappa shape index (κ2) is 6.29. The van der Waals surface area contributed by atoms with Gasteiger partial charge in [-0.05, 0) is 48.0 Å². The van der Waals surface area contributed by atoms with E-state index in [1.54, 1.807) is 18.2 Å². The van der Waals surface area contributed by atoms with Crippen molar-refractivity contribution in [2.75, 3.05) is 0 Å². The molecule has 0 spiro atoms. The average Bonchev–Trinajstić information content (AvgIpc) is 2.96. The number of hydrogen-bond donors (Lipinski definition) is 2. The maximum absolute atomic E-state index is 12.4. The van der Waals surface area contributed by atoms with Crippen molar-refractivity contribution >= 4 is 11.9 Å². The number of Topliss-reactive ketones (excluding diaryl/α,β-unsaturated/α-hetero) is 1. The fraction of sp³-hybridized carbons (Fsp3) is 0. The molecule has 0 unspecified atom stereocenters. The summed E-state index contributed by atoms with van der Waals surface area (Å²) in [6.07, 6.45) is 1.57. The summed E-state index contributed by atoms with van der Waals surface area (Å²) in [7, 11) is 0. The Labute approximate surface area is 149 Å². The maximum atomic E-state index is 12.4. The number of benzene rings is 3. The molecular weight excluding hydrogens is 332 g/mol. The van der Waals surface area contributed by atoms with E-state index < -0.39 is 5.75 Å². The molecule has 0 aromatic heterocycles. The van der Waals surface area contributed by atoms with E-state index in [0.29, 0.717) is 17.1 Å². The van der Waals surface area contributed by atoms with Crippen molar-refractivity contribution in [2.45, 2.75) is 0 Å². The molecule has 0 saturated heterocycles. The number of rotatable bonds is 3. The molecule has 1 heterocycles. The first-order valence-corrected chi connectivity index (χ1v) is 7.94. The number of ether oxygens (including phenoxy) is 2. The standard InChI is InChI=1S/C21H14O5/c22-17-10-9-16-19(23)18(26-21(16)20(17)24)12-13-5-4-8-15(11-13)25-14-6-2-1-3-7-14/h1-12,22,24H. The summed E-state index contributed by atoms with van der Waals surface area (Å²) in [4.78, 5) is 12.4. The molecule has 4 rings (SSSR count). The third-order valence-electron chi connectivity index (χ3n) is 3.93. The van der Waals surface area contributed by atoms with Crippen LogP contribution in [0.2, 0.25) is 0 Å². The Hall–Kier alpha value is -3.73. The zero-order valence-corrected chi connectivity index (χ0v) is 13.5. The fourth-order valence-electron chi connectivity index (χ4n) is 2.67. The lowest BCUT2D eigenvalue weighted by atomic mass is 10.1. The van der Waals surface area contributed by atoms with Crippen molar-refractivity contribution in [3.63, 3.8) is 0 Å². The van der Waals surface area contributed by atoms with Crippen LogP contribution in [0.5, 0.6) is 28.7 Å². The van der Waals surface area contributed by atoms with Crippen LogP contribution in [0, 0.1) is 0 Å². The zero-order chi connectivity index (χ0) is 18.1. The maximum Gasteiger partial charge on any atom is 0.232 e. The number of aromatic hydroxyl groups is 2. The average molecular weight is 346 g/mol. The summed E-state index contributed by atoms with van der Waals surface area (Å²) in [5.74, 6) is 0.226. The van der Waals surface area contributed by atoms with Gasteiger partial charge in [0, 0.05) is 0 Å². The van der Waals surface area contributed by atoms with Crippen LogP contribution in [0.25, 0.3) is 6.08 Å². The van der Waals surface area contributed by atoms with E-state index in [4.69, 9.17) is 9.47 Å². The molecule has 0 bridgehead atoms. The summed E-state index contributed by atoms with van der Waals surface area (Å²) in [6, 6.07) is 19.2. The summed E-state index contributed by atoms with van der Waals surface area (Å²) < 4.78 is 11.2. The van der Waals surface area contributed by atoms with Gasteiger partial charge in [0.1, 0.15) is 11.5 Å². The van der Waals surface area contributed by atoms with E-state index in [1.807, 2.05) is 42.5 Å². The number of para-hydroxylation sites is 1. The Bertz CT molecular complexity index is 1020. The lowest BCUT2D eigenvalue weighted by Crippen LogP contribution is -1.98. The van der Waals surface area contributed by atoms with E-state index in [1.165, 1.54) is 12.1 Å². The van der Waals surface area contributed by atoms with Gasteiger partial charge in [-0.15, -0.1) is 0 Å². The first-order chi connectivity index (χ1) is 12.6. The topological polar surface area (TPSA) is 76.0 Å². The van der Waals surface area contributed by atoms with Gasteiger partial charge in [0.2, 0.25) is 11.5 Å². The first-order valence-electron chi connectivity index (χ1n) is 7.94. The molecule has 0 fully saturated rings. The van der Waals surface area contributed by atoms with Crippen LogP contribution >= 0.6 is 0 Å². The van der Waals surface area contributed by atoms with Crippen molar-refractivity contribution in [3.8, 4) is 28.7 Å². The van der Waals surface area contributed by atoms with Crippen LogP contribution < -0.4 is 9.47 Å². The summed E-state index contributed by atoms with van der Waals surface area (Å²) in [6.45, 7) is 0. The van der Waals surface area contributed by atoms with Crippen molar-refractivity contribution in [1.82, 2.24) is 0 Å². The zero-order valence-electron chi connectivity index (χ0n) is 13.5. The molecule has 3 aromatic rings. The third-order valence-corrected chi connectivity index (χ3v) is 3.93. The molecule has 0 radical (unpaired) electrons. The SMILES string of the molecule is O=C1C(=Cc2cccc(Oc3ccccc3)c2)Oc2c1ccc(O)c2O. The Morgan fingerprint density at radius 3 is 2.46 bits per heavy atom. The number of phenolic OH excluding ortho intramolecular Hbond substituents is 2. The molecule has 1 aliphatic heterocycles. The molecule has 128 valence electrons. The molecular formula is C21H14O5. The van der Waals surface area contributed by atoms with Gasteiger partial charge in [0.05, 0.1) is 5.56 Å². The van der Waals surface area contributed by atoms with E-state index in [2.05, 4.69) is 0 Å². The third kappa shape index (κ3) is 2.86. The molecule has 5 heteroatoms. The van der Waals surface area contributed by atoms with Crippen molar-refractivity contribution in [2.24, 2.45) is 0 Å². The minimum Gasteiger partial charge on any atom is -0.504 e. The number of fused-ring (bicyclic) bond motifs is 1. The normalized spacial score (nSPS) is 14.2. The van der Waals surface area contributed by atoms with Crippen molar-refractivity contribution < 1.29 is 24.5 Å². The van der Waals surface area contributed by atoms with Gasteiger partial charge in [0.15, 0.2) is 17.3 Å². The highest BCUT2D eigenvalue weighted by molar-refractivity contribution is 6.15. The van der Waals surface area contributed by atoms with Gasteiger partial charge in [-0.25, -0.2) is 0 Å². The van der Waals surface area contributed by atoms with E-state index in [-0.39, 0.29) is 28.6 Å². The Morgan fingerprint density at radius 2 is 1.65 bits per heavy atom. The molecule has 26 heavy (non-hydrogen) atoms. The second-order valence-corrected chi connectivity index (χ2v) is 5.74. The molecule has 3 aromatic carbocycles. The van der Waals surface area contributed by atoms with Crippen molar-refractivity contribution in [3.05, 3.63) is 83.6 Å². The predicted octanol–water partition coefficient (Wildman–Crippen LogP) is 4.51. The molecule has 0 saturated carbocycles. The van der Waals surface area contributed by atoms with Crippen molar-refractivity contribution in [1.29, 1.82) is 0 Å². The monoisotopic (exact) mass is 346 g/mol. The highest BCUT2D eigenvalue weighted by atomic mass is 16.5. The smallest absolute Gasteiger partial charge is 0.232 e. The molecule has 2 N–H and O–H groups in total. The molecule has 1 aliphatic rings. The van der Waals surface area contributed by atoms with Crippen LogP contribution in [0.4, 0.5) is 0 Å². The molecule has 0 atom stereocenters. The summed E-state index contributed by atoms with van der Waals surface area (Å²) in [5.41, 5.74) is 0.918. The van der Waals surface area contributed by atoms with Crippen LogP contribution in [0.3, 0.4) is 0 Å². The van der Waals surface area contributed by atoms with Gasteiger partial charge in [-0.1, -0.05) is 30.3 Å². The van der Waals surface area contributed by atoms with Gasteiger partial charge >= 0.3 is 0 Å². The number of phenols is 2. The number of hydrogen-bond acceptors (Lipinski definition) is 5. The Balaban J connectivity index is 1.62. The van der Waals surface area contributed by atoms with E-state index in [0.717, 1.165) is 0 Å². The van der Waals surface area contributed by atoms with Crippen LogP contribution in [0.1, 0.15) is 15.9 Å². The minimum absolute atomic E-state index is 0.0297. The van der Waals surface area contributed by atoms with Gasteiger partial charge in [-0.2, -0.15) is 0 Å². The Morgan fingerprint density at radius 1 is 0.885 bits per heavy atom. The Kier molecular flexibility index (Phi) is 3.82.